The van der Waals surface area contributed by atoms with E-state index < -0.39 is 0 Å². The molecule has 1 heteroatoms. The second-order valence-electron chi connectivity index (χ2n) is 3.11. The van der Waals surface area contributed by atoms with Crippen LogP contribution in [0.5, 0.6) is 0 Å². The average molecular weight is 160 g/mol. The van der Waals surface area contributed by atoms with Crippen molar-refractivity contribution in [2.45, 2.75) is 27.3 Å². The Balaban J connectivity index is 3.21. The lowest BCUT2D eigenvalue weighted by Gasteiger charge is -2.01. The molecular formula is C11H14N+. The Hall–Kier alpha value is -1.29. The van der Waals surface area contributed by atoms with Crippen LogP contribution in [0.25, 0.3) is 0 Å². The summed E-state index contributed by atoms with van der Waals surface area (Å²) >= 11 is 0. The van der Waals surface area contributed by atoms with E-state index >= 15 is 0 Å². The number of pyridine rings is 1. The van der Waals surface area contributed by atoms with Gasteiger partial charge in [-0.3, -0.25) is 0 Å². The molecule has 0 spiro atoms. The van der Waals surface area contributed by atoms with Gasteiger partial charge in [-0.15, -0.1) is 6.42 Å². The van der Waals surface area contributed by atoms with Crippen LogP contribution in [-0.4, -0.2) is 0 Å². The molecule has 12 heavy (non-hydrogen) atoms. The number of aromatic nitrogens is 1. The highest BCUT2D eigenvalue weighted by atomic mass is 15.0. The van der Waals surface area contributed by atoms with Crippen LogP contribution in [0.4, 0.5) is 0 Å². The Morgan fingerprint density at radius 2 is 1.75 bits per heavy atom. The first-order valence-corrected chi connectivity index (χ1v) is 4.06. The molecule has 0 aromatic carbocycles. The predicted octanol–water partition coefficient (Wildman–Crippen LogP) is 1.53. The SMILES string of the molecule is C#CC[n+]1c(C)cc(C)cc1C. The summed E-state index contributed by atoms with van der Waals surface area (Å²) in [7, 11) is 0. The average Bonchev–Trinajstić information content (AvgIpc) is 1.96. The largest absolute Gasteiger partial charge is 0.209 e. The van der Waals surface area contributed by atoms with Gasteiger partial charge >= 0.3 is 0 Å². The van der Waals surface area contributed by atoms with Crippen molar-refractivity contribution in [2.75, 3.05) is 0 Å². The van der Waals surface area contributed by atoms with E-state index in [9.17, 15) is 0 Å². The summed E-state index contributed by atoms with van der Waals surface area (Å²) in [5.74, 6) is 2.65. The summed E-state index contributed by atoms with van der Waals surface area (Å²) in [4.78, 5) is 0. The van der Waals surface area contributed by atoms with Gasteiger partial charge in [-0.1, -0.05) is 0 Å². The fourth-order valence-electron chi connectivity index (χ4n) is 1.48. The quantitative estimate of drug-likeness (QED) is 0.433. The maximum absolute atomic E-state index is 5.27. The predicted molar refractivity (Wildman–Crippen MR) is 49.7 cm³/mol. The van der Waals surface area contributed by atoms with E-state index in [1.807, 2.05) is 0 Å². The molecule has 0 radical (unpaired) electrons. The van der Waals surface area contributed by atoms with E-state index in [-0.39, 0.29) is 0 Å². The Bertz CT molecular complexity index is 308. The van der Waals surface area contributed by atoms with Gasteiger partial charge in [-0.2, -0.15) is 4.57 Å². The molecule has 1 heterocycles. The van der Waals surface area contributed by atoms with Crippen molar-refractivity contribution < 1.29 is 4.57 Å². The van der Waals surface area contributed by atoms with Crippen LogP contribution in [0.1, 0.15) is 17.0 Å². The lowest BCUT2D eigenvalue weighted by atomic mass is 10.2. The Labute approximate surface area is 74.0 Å². The third kappa shape index (κ3) is 1.65. The number of hydrogen-bond acceptors (Lipinski definition) is 0. The van der Waals surface area contributed by atoms with Crippen molar-refractivity contribution in [3.8, 4) is 12.3 Å². The van der Waals surface area contributed by atoms with Crippen LogP contribution in [0.2, 0.25) is 0 Å². The molecule has 0 saturated heterocycles. The lowest BCUT2D eigenvalue weighted by Crippen LogP contribution is -2.39. The van der Waals surface area contributed by atoms with Gasteiger partial charge in [0.1, 0.15) is 0 Å². The minimum atomic E-state index is 0.665. The second-order valence-corrected chi connectivity index (χ2v) is 3.11. The number of terminal acetylenes is 1. The molecule has 0 fully saturated rings. The van der Waals surface area contributed by atoms with Gasteiger partial charge in [0.2, 0.25) is 6.54 Å². The zero-order valence-electron chi connectivity index (χ0n) is 7.89. The molecule has 0 unspecified atom stereocenters. The third-order valence-electron chi connectivity index (χ3n) is 1.97. The van der Waals surface area contributed by atoms with E-state index in [1.165, 1.54) is 17.0 Å². The zero-order chi connectivity index (χ0) is 9.14. The molecule has 0 aliphatic carbocycles. The molecule has 0 amide bonds. The summed E-state index contributed by atoms with van der Waals surface area (Å²) in [5.41, 5.74) is 3.74. The normalized spacial score (nSPS) is 9.50. The minimum absolute atomic E-state index is 0.665. The highest BCUT2D eigenvalue weighted by molar-refractivity contribution is 5.13. The summed E-state index contributed by atoms with van der Waals surface area (Å²) < 4.78 is 2.13. The van der Waals surface area contributed by atoms with E-state index in [1.54, 1.807) is 0 Å². The maximum Gasteiger partial charge on any atom is 0.209 e. The van der Waals surface area contributed by atoms with Crippen molar-refractivity contribution in [1.29, 1.82) is 0 Å². The van der Waals surface area contributed by atoms with Gasteiger partial charge in [-0.05, 0) is 18.4 Å². The molecule has 1 aromatic heterocycles. The van der Waals surface area contributed by atoms with Crippen LogP contribution in [-0.2, 0) is 6.54 Å². The van der Waals surface area contributed by atoms with E-state index in [0.717, 1.165) is 0 Å². The van der Waals surface area contributed by atoms with Crippen LogP contribution >= 0.6 is 0 Å². The van der Waals surface area contributed by atoms with E-state index in [2.05, 4.69) is 43.4 Å². The highest BCUT2D eigenvalue weighted by Crippen LogP contribution is 2.00. The standard InChI is InChI=1S/C11H14N/c1-5-6-12-10(3)7-9(2)8-11(12)4/h1,7-8H,6H2,2-4H3/q+1. The molecule has 0 aliphatic heterocycles. The summed E-state index contributed by atoms with van der Waals surface area (Å²) in [6, 6.07) is 4.29. The molecule has 0 atom stereocenters. The highest BCUT2D eigenvalue weighted by Gasteiger charge is 2.08. The molecule has 62 valence electrons. The molecule has 1 aromatic rings. The van der Waals surface area contributed by atoms with Crippen LogP contribution in [0, 0.1) is 33.1 Å². The molecule has 0 N–H and O–H groups in total. The fourth-order valence-corrected chi connectivity index (χ4v) is 1.48. The van der Waals surface area contributed by atoms with Gasteiger partial charge in [0, 0.05) is 26.0 Å². The van der Waals surface area contributed by atoms with Crippen molar-refractivity contribution in [1.82, 2.24) is 0 Å². The number of hydrogen-bond donors (Lipinski definition) is 0. The van der Waals surface area contributed by atoms with Crippen LogP contribution < -0.4 is 4.57 Å². The van der Waals surface area contributed by atoms with Gasteiger partial charge < -0.3 is 0 Å². The molecule has 1 nitrogen and oxygen atoms in total. The van der Waals surface area contributed by atoms with Crippen molar-refractivity contribution in [3.05, 3.63) is 29.1 Å². The Morgan fingerprint density at radius 1 is 1.25 bits per heavy atom. The summed E-state index contributed by atoms with van der Waals surface area (Å²) in [5, 5.41) is 0. The topological polar surface area (TPSA) is 3.88 Å². The molecule has 0 bridgehead atoms. The summed E-state index contributed by atoms with van der Waals surface area (Å²) in [6.07, 6.45) is 5.27. The third-order valence-corrected chi connectivity index (χ3v) is 1.97. The molecular weight excluding hydrogens is 146 g/mol. The zero-order valence-corrected chi connectivity index (χ0v) is 7.89. The first-order valence-electron chi connectivity index (χ1n) is 4.06. The molecule has 0 aliphatic rings. The Morgan fingerprint density at radius 3 is 2.17 bits per heavy atom. The minimum Gasteiger partial charge on any atom is -0.189 e. The monoisotopic (exact) mass is 160 g/mol. The fraction of sp³-hybridized carbons (Fsp3) is 0.364. The van der Waals surface area contributed by atoms with Gasteiger partial charge in [-0.25, -0.2) is 0 Å². The van der Waals surface area contributed by atoms with Crippen molar-refractivity contribution >= 4 is 0 Å². The van der Waals surface area contributed by atoms with E-state index in [4.69, 9.17) is 6.42 Å². The van der Waals surface area contributed by atoms with Gasteiger partial charge in [0.25, 0.3) is 0 Å². The lowest BCUT2D eigenvalue weighted by molar-refractivity contribution is -0.696. The first-order chi connectivity index (χ1) is 5.65. The van der Waals surface area contributed by atoms with Crippen LogP contribution in [0.3, 0.4) is 0 Å². The molecule has 0 saturated carbocycles. The van der Waals surface area contributed by atoms with Crippen molar-refractivity contribution in [3.63, 3.8) is 0 Å². The smallest absolute Gasteiger partial charge is 0.189 e. The number of nitrogens with zero attached hydrogens (tertiary/aromatic N) is 1. The van der Waals surface area contributed by atoms with Gasteiger partial charge in [0.05, 0.1) is 0 Å². The maximum atomic E-state index is 5.27. The van der Waals surface area contributed by atoms with Crippen molar-refractivity contribution in [2.24, 2.45) is 0 Å². The number of rotatable bonds is 1. The van der Waals surface area contributed by atoms with Crippen LogP contribution in [0.15, 0.2) is 12.1 Å². The summed E-state index contributed by atoms with van der Waals surface area (Å²) in [6.45, 7) is 6.92. The first kappa shape index (κ1) is 8.80. The van der Waals surface area contributed by atoms with E-state index in [0.29, 0.717) is 6.54 Å². The molecule has 1 rings (SSSR count). The van der Waals surface area contributed by atoms with Gasteiger partial charge in [0.15, 0.2) is 11.4 Å². The second kappa shape index (κ2) is 3.40. The number of aryl methyl sites for hydroxylation is 3. The Kier molecular flexibility index (Phi) is 2.50.